The maximum Gasteiger partial charge on any atom is 0.359 e. The number of H-pyrrole nitrogens is 1. The standard InChI is InChI=1S/C18H19N3O3/c22-18(23)16-17(20-21-19-16)24-15-11-5-10-14(12-15)7-3-1-2-6-13-8-4-9-13/h5,10-13H,1-2,4,6,8-9H2,(H,22,23)(H,19,20,21). The molecule has 0 radical (unpaired) electrons. The average Bonchev–Trinajstić information content (AvgIpc) is 2.97. The fraction of sp³-hybridized carbons (Fsp3) is 0.389. The SMILES string of the molecule is O=C(O)c1[nH]nnc1Oc1cccc(C#CCCCC2CCC2)c1. The Morgan fingerprint density at radius 1 is 1.42 bits per heavy atom. The second kappa shape index (κ2) is 7.64. The highest BCUT2D eigenvalue weighted by molar-refractivity contribution is 5.87. The van der Waals surface area contributed by atoms with Gasteiger partial charge in [0.25, 0.3) is 5.88 Å². The smallest absolute Gasteiger partial charge is 0.359 e. The van der Waals surface area contributed by atoms with Crippen molar-refractivity contribution in [3.8, 4) is 23.5 Å². The Balaban J connectivity index is 1.57. The lowest BCUT2D eigenvalue weighted by atomic mass is 9.82. The van der Waals surface area contributed by atoms with Crippen molar-refractivity contribution < 1.29 is 14.6 Å². The summed E-state index contributed by atoms with van der Waals surface area (Å²) in [6.45, 7) is 0. The molecule has 1 heterocycles. The van der Waals surface area contributed by atoms with E-state index in [-0.39, 0.29) is 11.6 Å². The number of nitrogens with one attached hydrogen (secondary N) is 1. The van der Waals surface area contributed by atoms with Gasteiger partial charge in [-0.05, 0) is 37.0 Å². The average molecular weight is 325 g/mol. The van der Waals surface area contributed by atoms with Crippen molar-refractivity contribution in [1.29, 1.82) is 0 Å². The summed E-state index contributed by atoms with van der Waals surface area (Å²) >= 11 is 0. The minimum atomic E-state index is -1.17. The van der Waals surface area contributed by atoms with Crippen LogP contribution in [-0.4, -0.2) is 26.5 Å². The van der Waals surface area contributed by atoms with Crippen LogP contribution in [0.3, 0.4) is 0 Å². The van der Waals surface area contributed by atoms with Crippen LogP contribution in [0.1, 0.15) is 54.6 Å². The first-order valence-corrected chi connectivity index (χ1v) is 8.13. The summed E-state index contributed by atoms with van der Waals surface area (Å²) in [4.78, 5) is 11.0. The predicted molar refractivity (Wildman–Crippen MR) is 87.9 cm³/mol. The fourth-order valence-corrected chi connectivity index (χ4v) is 2.60. The Bertz CT molecular complexity index is 769. The van der Waals surface area contributed by atoms with Crippen LogP contribution in [0.25, 0.3) is 0 Å². The number of carboxylic acid groups (broad SMARTS) is 1. The van der Waals surface area contributed by atoms with E-state index in [1.165, 1.54) is 25.7 Å². The van der Waals surface area contributed by atoms with Gasteiger partial charge in [0, 0.05) is 12.0 Å². The number of rotatable bonds is 6. The Hall–Kier alpha value is -2.81. The number of aromatic nitrogens is 3. The van der Waals surface area contributed by atoms with Gasteiger partial charge < -0.3 is 9.84 Å². The summed E-state index contributed by atoms with van der Waals surface area (Å²) in [5, 5.41) is 18.4. The maximum atomic E-state index is 11.0. The van der Waals surface area contributed by atoms with Gasteiger partial charge in [-0.1, -0.05) is 47.5 Å². The highest BCUT2D eigenvalue weighted by Crippen LogP contribution is 2.30. The number of nitrogens with zero attached hydrogens (tertiary/aromatic N) is 2. The van der Waals surface area contributed by atoms with Crippen LogP contribution in [0.2, 0.25) is 0 Å². The largest absolute Gasteiger partial charge is 0.476 e. The molecule has 6 nitrogen and oxygen atoms in total. The van der Waals surface area contributed by atoms with Gasteiger partial charge >= 0.3 is 5.97 Å². The van der Waals surface area contributed by atoms with Crippen molar-refractivity contribution in [2.24, 2.45) is 5.92 Å². The number of carbonyl (C=O) groups is 1. The molecule has 0 bridgehead atoms. The number of ether oxygens (including phenoxy) is 1. The molecule has 24 heavy (non-hydrogen) atoms. The summed E-state index contributed by atoms with van der Waals surface area (Å²) in [5.74, 6) is 6.48. The number of aromatic amines is 1. The Morgan fingerprint density at radius 3 is 3.04 bits per heavy atom. The molecule has 1 saturated carbocycles. The topological polar surface area (TPSA) is 88.1 Å². The number of unbranched alkanes of at least 4 members (excludes halogenated alkanes) is 1. The Kier molecular flexibility index (Phi) is 5.12. The van der Waals surface area contributed by atoms with Gasteiger partial charge in [-0.15, -0.1) is 0 Å². The highest BCUT2D eigenvalue weighted by Gasteiger charge is 2.17. The van der Waals surface area contributed by atoms with E-state index in [0.717, 1.165) is 24.3 Å². The number of carboxylic acids is 1. The molecule has 0 aliphatic heterocycles. The molecule has 3 rings (SSSR count). The van der Waals surface area contributed by atoms with E-state index in [0.29, 0.717) is 5.75 Å². The van der Waals surface area contributed by atoms with Crippen molar-refractivity contribution in [2.75, 3.05) is 0 Å². The van der Waals surface area contributed by atoms with Crippen molar-refractivity contribution in [3.63, 3.8) is 0 Å². The third kappa shape index (κ3) is 4.13. The van der Waals surface area contributed by atoms with Crippen LogP contribution in [0.4, 0.5) is 0 Å². The molecule has 0 unspecified atom stereocenters. The minimum Gasteiger partial charge on any atom is -0.476 e. The van der Waals surface area contributed by atoms with Gasteiger partial charge in [0.1, 0.15) is 5.75 Å². The van der Waals surface area contributed by atoms with E-state index in [1.54, 1.807) is 12.1 Å². The lowest BCUT2D eigenvalue weighted by Gasteiger charge is -2.24. The molecule has 0 atom stereocenters. The molecule has 124 valence electrons. The second-order valence-corrected chi connectivity index (χ2v) is 5.92. The molecule has 0 spiro atoms. The van der Waals surface area contributed by atoms with Crippen LogP contribution >= 0.6 is 0 Å². The molecular weight excluding hydrogens is 306 g/mol. The van der Waals surface area contributed by atoms with Gasteiger partial charge in [0.05, 0.1) is 0 Å². The predicted octanol–water partition coefficient (Wildman–Crippen LogP) is 3.62. The second-order valence-electron chi connectivity index (χ2n) is 5.92. The van der Waals surface area contributed by atoms with Crippen molar-refractivity contribution in [1.82, 2.24) is 15.4 Å². The Morgan fingerprint density at radius 2 is 2.29 bits per heavy atom. The molecule has 6 heteroatoms. The first-order chi connectivity index (χ1) is 11.7. The van der Waals surface area contributed by atoms with E-state index >= 15 is 0 Å². The van der Waals surface area contributed by atoms with Gasteiger partial charge in [-0.3, -0.25) is 0 Å². The summed E-state index contributed by atoms with van der Waals surface area (Å²) < 4.78 is 5.48. The third-order valence-electron chi connectivity index (χ3n) is 4.15. The van der Waals surface area contributed by atoms with Gasteiger partial charge in [-0.25, -0.2) is 9.89 Å². The summed E-state index contributed by atoms with van der Waals surface area (Å²) in [6.07, 6.45) is 7.48. The molecule has 2 N–H and O–H groups in total. The molecule has 1 aliphatic rings. The zero-order valence-electron chi connectivity index (χ0n) is 13.3. The van der Waals surface area contributed by atoms with Gasteiger partial charge in [-0.2, -0.15) is 0 Å². The molecule has 0 amide bonds. The van der Waals surface area contributed by atoms with Crippen LogP contribution in [0.5, 0.6) is 11.6 Å². The molecule has 1 aromatic heterocycles. The monoisotopic (exact) mass is 325 g/mol. The van der Waals surface area contributed by atoms with Crippen LogP contribution in [0.15, 0.2) is 24.3 Å². The van der Waals surface area contributed by atoms with Crippen molar-refractivity contribution in [2.45, 2.75) is 38.5 Å². The quantitative estimate of drug-likeness (QED) is 0.625. The van der Waals surface area contributed by atoms with Crippen LogP contribution < -0.4 is 4.74 Å². The van der Waals surface area contributed by atoms with Crippen LogP contribution in [0, 0.1) is 17.8 Å². The normalized spacial score (nSPS) is 13.7. The van der Waals surface area contributed by atoms with E-state index in [9.17, 15) is 4.79 Å². The number of hydrogen-bond donors (Lipinski definition) is 2. The lowest BCUT2D eigenvalue weighted by molar-refractivity contribution is 0.0687. The summed E-state index contributed by atoms with van der Waals surface area (Å²) in [5.41, 5.74) is 0.652. The number of aromatic carboxylic acids is 1. The first-order valence-electron chi connectivity index (χ1n) is 8.13. The van der Waals surface area contributed by atoms with E-state index in [1.807, 2.05) is 12.1 Å². The van der Waals surface area contributed by atoms with Crippen molar-refractivity contribution in [3.05, 3.63) is 35.5 Å². The maximum absolute atomic E-state index is 11.0. The number of benzene rings is 1. The zero-order chi connectivity index (χ0) is 16.8. The minimum absolute atomic E-state index is 0.0619. The van der Waals surface area contributed by atoms with E-state index in [2.05, 4.69) is 27.3 Å². The fourth-order valence-electron chi connectivity index (χ4n) is 2.60. The van der Waals surface area contributed by atoms with Crippen LogP contribution in [-0.2, 0) is 0 Å². The summed E-state index contributed by atoms with van der Waals surface area (Å²) in [7, 11) is 0. The third-order valence-corrected chi connectivity index (χ3v) is 4.15. The highest BCUT2D eigenvalue weighted by atomic mass is 16.5. The van der Waals surface area contributed by atoms with Gasteiger partial charge in [0.15, 0.2) is 0 Å². The zero-order valence-corrected chi connectivity index (χ0v) is 13.3. The summed E-state index contributed by atoms with van der Waals surface area (Å²) in [6, 6.07) is 7.20. The van der Waals surface area contributed by atoms with Crippen molar-refractivity contribution >= 4 is 5.97 Å². The first kappa shape index (κ1) is 16.1. The molecule has 0 saturated heterocycles. The molecule has 1 aliphatic carbocycles. The number of hydrogen-bond acceptors (Lipinski definition) is 4. The van der Waals surface area contributed by atoms with Gasteiger partial charge in [0.2, 0.25) is 5.69 Å². The molecular formula is C18H19N3O3. The molecule has 1 aromatic carbocycles. The van der Waals surface area contributed by atoms with E-state index < -0.39 is 5.97 Å². The Labute approximate surface area is 140 Å². The van der Waals surface area contributed by atoms with E-state index in [4.69, 9.17) is 9.84 Å². The lowest BCUT2D eigenvalue weighted by Crippen LogP contribution is -2.09. The molecule has 2 aromatic rings. The molecule has 1 fully saturated rings.